The van der Waals surface area contributed by atoms with Gasteiger partial charge < -0.3 is 4.57 Å². The van der Waals surface area contributed by atoms with Gasteiger partial charge in [-0.15, -0.1) is 0 Å². The highest BCUT2D eigenvalue weighted by Gasteiger charge is 2.05. The average Bonchev–Trinajstić information content (AvgIpc) is 2.96. The maximum atomic E-state index is 8.92. The molecule has 0 saturated heterocycles. The Labute approximate surface area is 127 Å². The lowest BCUT2D eigenvalue weighted by Crippen LogP contribution is -1.95. The summed E-state index contributed by atoms with van der Waals surface area (Å²) < 4.78 is 1.96. The van der Waals surface area contributed by atoms with Gasteiger partial charge in [0.05, 0.1) is 23.7 Å². The van der Waals surface area contributed by atoms with Crippen LogP contribution in [0.5, 0.6) is 0 Å². The lowest BCUT2D eigenvalue weighted by Gasteiger charge is -2.02. The van der Waals surface area contributed by atoms with E-state index in [4.69, 9.17) is 16.9 Å². The van der Waals surface area contributed by atoms with Crippen LogP contribution in [-0.2, 0) is 6.54 Å². The molecule has 0 aliphatic carbocycles. The Hall–Kier alpha value is -2.64. The molecule has 0 N–H and O–H groups in total. The number of pyridine rings is 1. The molecule has 3 rings (SSSR count). The summed E-state index contributed by atoms with van der Waals surface area (Å²) in [5.74, 6) is 0. The summed E-state index contributed by atoms with van der Waals surface area (Å²) in [7, 11) is 0. The van der Waals surface area contributed by atoms with E-state index in [-0.39, 0.29) is 0 Å². The smallest absolute Gasteiger partial charge is 0.107 e. The first kappa shape index (κ1) is 13.3. The average molecular weight is 295 g/mol. The van der Waals surface area contributed by atoms with Gasteiger partial charge in [0.15, 0.2) is 0 Å². The predicted molar refractivity (Wildman–Crippen MR) is 80.7 cm³/mol. The largest absolute Gasteiger partial charge is 0.332 e. The van der Waals surface area contributed by atoms with E-state index in [1.165, 1.54) is 0 Å². The van der Waals surface area contributed by atoms with Crippen molar-refractivity contribution in [1.82, 2.24) is 14.5 Å². The van der Waals surface area contributed by atoms with Gasteiger partial charge in [-0.3, -0.25) is 4.98 Å². The predicted octanol–water partition coefficient (Wildman–Crippen LogP) is 3.52. The Kier molecular flexibility index (Phi) is 3.67. The van der Waals surface area contributed by atoms with Crippen LogP contribution in [0.4, 0.5) is 0 Å². The number of nitrogens with zero attached hydrogens (tertiary/aromatic N) is 4. The summed E-state index contributed by atoms with van der Waals surface area (Å²) in [6.07, 6.45) is 5.27. The van der Waals surface area contributed by atoms with Crippen LogP contribution >= 0.6 is 11.6 Å². The maximum absolute atomic E-state index is 8.92. The van der Waals surface area contributed by atoms with Gasteiger partial charge in [0.25, 0.3) is 0 Å². The van der Waals surface area contributed by atoms with Crippen LogP contribution in [0.1, 0.15) is 11.1 Å². The molecule has 0 atom stereocenters. The summed E-state index contributed by atoms with van der Waals surface area (Å²) in [6.45, 7) is 0.686. The van der Waals surface area contributed by atoms with Crippen LogP contribution in [0, 0.1) is 11.3 Å². The van der Waals surface area contributed by atoms with E-state index in [9.17, 15) is 0 Å². The van der Waals surface area contributed by atoms with Gasteiger partial charge >= 0.3 is 0 Å². The molecule has 2 heterocycles. The molecule has 0 radical (unpaired) electrons. The third kappa shape index (κ3) is 3.10. The number of rotatable bonds is 3. The first-order valence-electron chi connectivity index (χ1n) is 6.37. The normalized spacial score (nSPS) is 10.3. The van der Waals surface area contributed by atoms with Gasteiger partial charge in [-0.2, -0.15) is 5.26 Å². The molecule has 3 aromatic rings. The molecule has 4 nitrogen and oxygen atoms in total. The third-order valence-electron chi connectivity index (χ3n) is 3.04. The lowest BCUT2D eigenvalue weighted by atomic mass is 10.2. The SMILES string of the molecule is N#Cc1ccnc(-c2cn(Cc3cccc(Cl)c3)cn2)c1. The van der Waals surface area contributed by atoms with Crippen LogP contribution in [0.15, 0.2) is 55.1 Å². The van der Waals surface area contributed by atoms with Crippen molar-refractivity contribution >= 4 is 11.6 Å². The second kappa shape index (κ2) is 5.78. The van der Waals surface area contributed by atoms with Gasteiger partial charge in [-0.25, -0.2) is 4.98 Å². The zero-order chi connectivity index (χ0) is 14.7. The molecule has 0 aliphatic rings. The molecule has 21 heavy (non-hydrogen) atoms. The first-order valence-corrected chi connectivity index (χ1v) is 6.75. The second-order valence-corrected chi connectivity index (χ2v) is 5.04. The number of benzene rings is 1. The zero-order valence-electron chi connectivity index (χ0n) is 11.1. The van der Waals surface area contributed by atoms with Crippen LogP contribution in [0.2, 0.25) is 5.02 Å². The Morgan fingerprint density at radius 2 is 2.05 bits per heavy atom. The van der Waals surface area contributed by atoms with Crippen molar-refractivity contribution in [3.8, 4) is 17.5 Å². The molecule has 0 spiro atoms. The number of nitriles is 1. The van der Waals surface area contributed by atoms with Crippen molar-refractivity contribution in [1.29, 1.82) is 5.26 Å². The summed E-state index contributed by atoms with van der Waals surface area (Å²) in [4.78, 5) is 8.58. The molecular weight excluding hydrogens is 284 g/mol. The van der Waals surface area contributed by atoms with E-state index in [1.54, 1.807) is 24.7 Å². The van der Waals surface area contributed by atoms with Crippen molar-refractivity contribution < 1.29 is 0 Å². The fourth-order valence-corrected chi connectivity index (χ4v) is 2.28. The topological polar surface area (TPSA) is 54.5 Å². The summed E-state index contributed by atoms with van der Waals surface area (Å²) in [6, 6.07) is 13.2. The quantitative estimate of drug-likeness (QED) is 0.742. The van der Waals surface area contributed by atoms with Gasteiger partial charge in [0.1, 0.15) is 5.69 Å². The standard InChI is InChI=1S/C16H11ClN4/c17-14-3-1-2-13(6-14)9-21-10-16(20-11-21)15-7-12(8-18)4-5-19-15/h1-7,10-11H,9H2. The highest BCUT2D eigenvalue weighted by atomic mass is 35.5. The van der Waals surface area contributed by atoms with E-state index < -0.39 is 0 Å². The monoisotopic (exact) mass is 294 g/mol. The van der Waals surface area contributed by atoms with Crippen molar-refractivity contribution in [2.75, 3.05) is 0 Å². The number of imidazole rings is 1. The van der Waals surface area contributed by atoms with Gasteiger partial charge in [0.2, 0.25) is 0 Å². The highest BCUT2D eigenvalue weighted by molar-refractivity contribution is 6.30. The van der Waals surface area contributed by atoms with E-state index in [1.807, 2.05) is 35.0 Å². The second-order valence-electron chi connectivity index (χ2n) is 4.60. The number of aromatic nitrogens is 3. The number of hydrogen-bond donors (Lipinski definition) is 0. The van der Waals surface area contributed by atoms with Crippen LogP contribution in [0.3, 0.4) is 0 Å². The zero-order valence-corrected chi connectivity index (χ0v) is 11.8. The number of halogens is 1. The van der Waals surface area contributed by atoms with Crippen molar-refractivity contribution in [3.63, 3.8) is 0 Å². The summed E-state index contributed by atoms with van der Waals surface area (Å²) in [5.41, 5.74) is 3.11. The van der Waals surface area contributed by atoms with Gasteiger partial charge in [0, 0.05) is 24.0 Å². The molecule has 0 saturated carbocycles. The Balaban J connectivity index is 1.85. The van der Waals surface area contributed by atoms with Crippen molar-refractivity contribution in [3.05, 3.63) is 71.3 Å². The van der Waals surface area contributed by atoms with Crippen LogP contribution in [0.25, 0.3) is 11.4 Å². The molecule has 0 aliphatic heterocycles. The van der Waals surface area contributed by atoms with Gasteiger partial charge in [-0.1, -0.05) is 23.7 Å². The molecule has 0 fully saturated rings. The lowest BCUT2D eigenvalue weighted by molar-refractivity contribution is 0.797. The molecule has 0 unspecified atom stereocenters. The molecule has 0 bridgehead atoms. The minimum atomic E-state index is 0.574. The minimum absolute atomic E-state index is 0.574. The Morgan fingerprint density at radius 1 is 1.14 bits per heavy atom. The van der Waals surface area contributed by atoms with Crippen LogP contribution in [-0.4, -0.2) is 14.5 Å². The van der Waals surface area contributed by atoms with Crippen molar-refractivity contribution in [2.45, 2.75) is 6.54 Å². The fourth-order valence-electron chi connectivity index (χ4n) is 2.07. The molecular formula is C16H11ClN4. The molecule has 5 heteroatoms. The third-order valence-corrected chi connectivity index (χ3v) is 3.27. The Bertz CT molecular complexity index is 817. The van der Waals surface area contributed by atoms with E-state index in [2.05, 4.69) is 16.0 Å². The minimum Gasteiger partial charge on any atom is -0.332 e. The van der Waals surface area contributed by atoms with E-state index in [0.29, 0.717) is 17.8 Å². The molecule has 102 valence electrons. The highest BCUT2D eigenvalue weighted by Crippen LogP contribution is 2.17. The molecule has 1 aromatic carbocycles. The molecule has 2 aromatic heterocycles. The first-order chi connectivity index (χ1) is 10.2. The fraction of sp³-hybridized carbons (Fsp3) is 0.0625. The van der Waals surface area contributed by atoms with Crippen LogP contribution < -0.4 is 0 Å². The van der Waals surface area contributed by atoms with E-state index >= 15 is 0 Å². The van der Waals surface area contributed by atoms with E-state index in [0.717, 1.165) is 16.3 Å². The van der Waals surface area contributed by atoms with Gasteiger partial charge in [-0.05, 0) is 29.8 Å². The Morgan fingerprint density at radius 3 is 2.86 bits per heavy atom. The number of hydrogen-bond acceptors (Lipinski definition) is 3. The summed E-state index contributed by atoms with van der Waals surface area (Å²) in [5, 5.41) is 9.64. The maximum Gasteiger partial charge on any atom is 0.107 e. The van der Waals surface area contributed by atoms with Crippen molar-refractivity contribution in [2.24, 2.45) is 0 Å². The summed E-state index contributed by atoms with van der Waals surface area (Å²) >= 11 is 5.98. The molecule has 0 amide bonds.